The summed E-state index contributed by atoms with van der Waals surface area (Å²) in [6.07, 6.45) is 0. The maximum Gasteiger partial charge on any atom is 0.343 e. The highest BCUT2D eigenvalue weighted by atomic mass is 35.5. The second-order valence-corrected chi connectivity index (χ2v) is 6.80. The molecule has 0 radical (unpaired) electrons. The lowest BCUT2D eigenvalue weighted by molar-refractivity contribution is 0.0471. The van der Waals surface area contributed by atoms with Crippen molar-refractivity contribution in [2.24, 2.45) is 0 Å². The quantitative estimate of drug-likeness (QED) is 0.560. The Labute approximate surface area is 167 Å². The number of hydrogen-bond acceptors (Lipinski definition) is 4. The lowest BCUT2D eigenvalue weighted by Crippen LogP contribution is -2.07. The van der Waals surface area contributed by atoms with Gasteiger partial charge in [-0.3, -0.25) is 0 Å². The molecule has 0 N–H and O–H groups in total. The summed E-state index contributed by atoms with van der Waals surface area (Å²) in [5, 5.41) is 4.56. The zero-order valence-corrected chi connectivity index (χ0v) is 16.6. The summed E-state index contributed by atoms with van der Waals surface area (Å²) in [6.45, 7) is 4.06. The lowest BCUT2D eigenvalue weighted by atomic mass is 10.1. The Balaban J connectivity index is 1.72. The van der Waals surface area contributed by atoms with E-state index in [1.165, 1.54) is 19.2 Å². The van der Waals surface area contributed by atoms with Gasteiger partial charge in [-0.25, -0.2) is 13.9 Å². The number of benzene rings is 2. The van der Waals surface area contributed by atoms with Crippen LogP contribution in [0, 0.1) is 19.7 Å². The Morgan fingerprint density at radius 3 is 2.46 bits per heavy atom. The number of aromatic nitrogens is 2. The van der Waals surface area contributed by atoms with Crippen molar-refractivity contribution in [1.82, 2.24) is 9.78 Å². The Kier molecular flexibility index (Phi) is 5.99. The number of rotatable bonds is 6. The van der Waals surface area contributed by atoms with Crippen molar-refractivity contribution >= 4 is 17.6 Å². The molecule has 3 aromatic rings. The highest BCUT2D eigenvalue weighted by Crippen LogP contribution is 2.23. The summed E-state index contributed by atoms with van der Waals surface area (Å²) in [6, 6.07) is 12.4. The SMILES string of the molecule is COc1ccc(COC(=O)c2c(C)nn(Cc3ccc(C)cc3)c2Cl)cc1F. The minimum atomic E-state index is -0.603. The molecule has 28 heavy (non-hydrogen) atoms. The van der Waals surface area contributed by atoms with E-state index in [9.17, 15) is 9.18 Å². The Morgan fingerprint density at radius 2 is 1.82 bits per heavy atom. The van der Waals surface area contributed by atoms with E-state index in [0.717, 1.165) is 11.1 Å². The zero-order valence-electron chi connectivity index (χ0n) is 15.8. The number of carbonyl (C=O) groups excluding carboxylic acids is 1. The average molecular weight is 403 g/mol. The van der Waals surface area contributed by atoms with Crippen LogP contribution in [0.5, 0.6) is 5.75 Å². The summed E-state index contributed by atoms with van der Waals surface area (Å²) in [5.74, 6) is -0.989. The number of halogens is 2. The van der Waals surface area contributed by atoms with Crippen molar-refractivity contribution in [2.45, 2.75) is 27.0 Å². The minimum absolute atomic E-state index is 0.0847. The summed E-state index contributed by atoms with van der Waals surface area (Å²) in [5.41, 5.74) is 3.37. The molecule has 0 atom stereocenters. The monoisotopic (exact) mass is 402 g/mol. The van der Waals surface area contributed by atoms with E-state index in [2.05, 4.69) is 5.10 Å². The van der Waals surface area contributed by atoms with Crippen LogP contribution in [0.25, 0.3) is 0 Å². The van der Waals surface area contributed by atoms with Crippen LogP contribution in [0.3, 0.4) is 0 Å². The Morgan fingerprint density at radius 1 is 1.14 bits per heavy atom. The number of carbonyl (C=O) groups is 1. The van der Waals surface area contributed by atoms with Gasteiger partial charge in [0, 0.05) is 0 Å². The van der Waals surface area contributed by atoms with Crippen molar-refractivity contribution < 1.29 is 18.7 Å². The number of esters is 1. The van der Waals surface area contributed by atoms with Gasteiger partial charge in [0.2, 0.25) is 0 Å². The molecule has 2 aromatic carbocycles. The molecule has 0 aliphatic heterocycles. The molecular formula is C21H20ClFN2O3. The first-order valence-corrected chi connectivity index (χ1v) is 9.05. The number of hydrogen-bond donors (Lipinski definition) is 0. The second-order valence-electron chi connectivity index (χ2n) is 6.44. The largest absolute Gasteiger partial charge is 0.494 e. The van der Waals surface area contributed by atoms with Gasteiger partial charge in [-0.15, -0.1) is 0 Å². The van der Waals surface area contributed by atoms with Crippen LogP contribution in [0.1, 0.15) is 32.7 Å². The topological polar surface area (TPSA) is 53.4 Å². The molecule has 0 spiro atoms. The van der Waals surface area contributed by atoms with Gasteiger partial charge in [0.05, 0.1) is 19.3 Å². The fourth-order valence-electron chi connectivity index (χ4n) is 2.78. The zero-order chi connectivity index (χ0) is 20.3. The smallest absolute Gasteiger partial charge is 0.343 e. The minimum Gasteiger partial charge on any atom is -0.494 e. The number of nitrogens with zero attached hydrogens (tertiary/aromatic N) is 2. The van der Waals surface area contributed by atoms with E-state index >= 15 is 0 Å². The van der Waals surface area contributed by atoms with Gasteiger partial charge in [0.1, 0.15) is 17.3 Å². The van der Waals surface area contributed by atoms with E-state index in [-0.39, 0.29) is 23.1 Å². The molecule has 0 bridgehead atoms. The van der Waals surface area contributed by atoms with E-state index in [0.29, 0.717) is 17.8 Å². The van der Waals surface area contributed by atoms with E-state index in [1.54, 1.807) is 17.7 Å². The molecule has 146 valence electrons. The van der Waals surface area contributed by atoms with Crippen molar-refractivity contribution in [2.75, 3.05) is 7.11 Å². The Hall–Kier alpha value is -2.86. The molecule has 1 aromatic heterocycles. The molecule has 0 unspecified atom stereocenters. The molecule has 0 saturated carbocycles. The van der Waals surface area contributed by atoms with Gasteiger partial charge in [0.15, 0.2) is 11.6 Å². The van der Waals surface area contributed by atoms with Gasteiger partial charge < -0.3 is 9.47 Å². The molecule has 0 amide bonds. The number of methoxy groups -OCH3 is 1. The van der Waals surface area contributed by atoms with Gasteiger partial charge in [-0.2, -0.15) is 5.10 Å². The first-order chi connectivity index (χ1) is 13.4. The third-order valence-electron chi connectivity index (χ3n) is 4.31. The summed E-state index contributed by atoms with van der Waals surface area (Å²) in [7, 11) is 1.39. The molecule has 3 rings (SSSR count). The van der Waals surface area contributed by atoms with Gasteiger partial charge >= 0.3 is 5.97 Å². The van der Waals surface area contributed by atoms with E-state index in [1.807, 2.05) is 31.2 Å². The van der Waals surface area contributed by atoms with Crippen molar-refractivity contribution in [3.63, 3.8) is 0 Å². The normalized spacial score (nSPS) is 10.8. The molecule has 1 heterocycles. The van der Waals surface area contributed by atoms with Crippen molar-refractivity contribution in [1.29, 1.82) is 0 Å². The highest BCUT2D eigenvalue weighted by molar-refractivity contribution is 6.32. The van der Waals surface area contributed by atoms with Crippen LogP contribution >= 0.6 is 11.6 Å². The first-order valence-electron chi connectivity index (χ1n) is 8.67. The number of ether oxygens (including phenoxy) is 2. The highest BCUT2D eigenvalue weighted by Gasteiger charge is 2.22. The van der Waals surface area contributed by atoms with Gasteiger partial charge in [-0.1, -0.05) is 47.5 Å². The van der Waals surface area contributed by atoms with Crippen LogP contribution in [0.2, 0.25) is 5.15 Å². The summed E-state index contributed by atoms with van der Waals surface area (Å²) >= 11 is 6.38. The van der Waals surface area contributed by atoms with Crippen LogP contribution in [-0.4, -0.2) is 22.9 Å². The van der Waals surface area contributed by atoms with Gasteiger partial charge in [0.25, 0.3) is 0 Å². The predicted octanol–water partition coefficient (Wildman–Crippen LogP) is 4.71. The molecule has 0 aliphatic rings. The Bertz CT molecular complexity index is 1000. The van der Waals surface area contributed by atoms with Crippen LogP contribution < -0.4 is 4.74 Å². The third kappa shape index (κ3) is 4.34. The van der Waals surface area contributed by atoms with Crippen LogP contribution in [0.15, 0.2) is 42.5 Å². The maximum absolute atomic E-state index is 13.8. The van der Waals surface area contributed by atoms with E-state index < -0.39 is 11.8 Å². The maximum atomic E-state index is 13.8. The fourth-order valence-corrected chi connectivity index (χ4v) is 3.09. The van der Waals surface area contributed by atoms with Crippen molar-refractivity contribution in [3.8, 4) is 5.75 Å². The number of aryl methyl sites for hydroxylation is 2. The van der Waals surface area contributed by atoms with Crippen molar-refractivity contribution in [3.05, 3.63) is 81.4 Å². The molecule has 0 fully saturated rings. The van der Waals surface area contributed by atoms with Crippen LogP contribution in [0.4, 0.5) is 4.39 Å². The standard InChI is InChI=1S/C21H20ClFN2O3/c1-13-4-6-15(7-5-13)11-25-20(22)19(14(2)24-25)21(26)28-12-16-8-9-18(27-3)17(23)10-16/h4-10H,11-12H2,1-3H3. The average Bonchev–Trinajstić information content (AvgIpc) is 2.95. The first kappa shape index (κ1) is 19.9. The lowest BCUT2D eigenvalue weighted by Gasteiger charge is -2.07. The van der Waals surface area contributed by atoms with Gasteiger partial charge in [-0.05, 0) is 37.1 Å². The molecule has 0 aliphatic carbocycles. The third-order valence-corrected chi connectivity index (χ3v) is 4.69. The summed E-state index contributed by atoms with van der Waals surface area (Å²) < 4.78 is 25.5. The molecular weight excluding hydrogens is 383 g/mol. The fraction of sp³-hybridized carbons (Fsp3) is 0.238. The van der Waals surface area contributed by atoms with Crippen LogP contribution in [-0.2, 0) is 17.9 Å². The molecule has 5 nitrogen and oxygen atoms in total. The second kappa shape index (κ2) is 8.44. The summed E-state index contributed by atoms with van der Waals surface area (Å²) in [4.78, 5) is 12.5. The van der Waals surface area contributed by atoms with E-state index in [4.69, 9.17) is 21.1 Å². The predicted molar refractivity (Wildman–Crippen MR) is 104 cm³/mol. The molecule has 7 heteroatoms. The molecule has 0 saturated heterocycles.